The molecule has 2 N–H and O–H groups in total. The van der Waals surface area contributed by atoms with Crippen molar-refractivity contribution in [2.75, 3.05) is 19.7 Å². The van der Waals surface area contributed by atoms with Crippen molar-refractivity contribution >= 4 is 5.91 Å². The zero-order chi connectivity index (χ0) is 16.2. The Hall–Kier alpha value is -1.62. The fourth-order valence-electron chi connectivity index (χ4n) is 2.41. The molecule has 22 heavy (non-hydrogen) atoms. The average molecular weight is 308 g/mol. The Kier molecular flexibility index (Phi) is 5.40. The molecule has 2 rings (SSSR count). The molecule has 0 bridgehead atoms. The molecule has 1 aromatic carbocycles. The van der Waals surface area contributed by atoms with E-state index in [1.165, 1.54) is 6.07 Å². The van der Waals surface area contributed by atoms with Gasteiger partial charge in [-0.25, -0.2) is 4.39 Å². The molecule has 1 aliphatic heterocycles. The Morgan fingerprint density at radius 3 is 2.77 bits per heavy atom. The lowest BCUT2D eigenvalue weighted by Crippen LogP contribution is -2.49. The second-order valence-corrected chi connectivity index (χ2v) is 6.86. The van der Waals surface area contributed by atoms with Gasteiger partial charge in [0.15, 0.2) is 11.6 Å². The van der Waals surface area contributed by atoms with Crippen LogP contribution in [0.4, 0.5) is 4.39 Å². The number of ether oxygens (including phenoxy) is 1. The highest BCUT2D eigenvalue weighted by Crippen LogP contribution is 2.23. The van der Waals surface area contributed by atoms with Gasteiger partial charge < -0.3 is 15.4 Å². The lowest BCUT2D eigenvalue weighted by molar-refractivity contribution is -0.126. The summed E-state index contributed by atoms with van der Waals surface area (Å²) in [6.07, 6.45) is 0.858. The number of halogens is 1. The average Bonchev–Trinajstić information content (AvgIpc) is 2.97. The number of carbonyl (C=O) groups excluding carboxylic acids is 1. The van der Waals surface area contributed by atoms with E-state index in [9.17, 15) is 9.18 Å². The zero-order valence-electron chi connectivity index (χ0n) is 13.5. The van der Waals surface area contributed by atoms with Gasteiger partial charge in [-0.1, -0.05) is 32.9 Å². The van der Waals surface area contributed by atoms with Crippen LogP contribution < -0.4 is 15.4 Å². The number of hydrogen-bond donors (Lipinski definition) is 2. The van der Waals surface area contributed by atoms with Gasteiger partial charge in [-0.15, -0.1) is 0 Å². The van der Waals surface area contributed by atoms with E-state index in [1.807, 2.05) is 20.8 Å². The smallest absolute Gasteiger partial charge is 0.224 e. The number of hydrogen-bond acceptors (Lipinski definition) is 3. The fraction of sp³-hybridized carbons (Fsp3) is 0.588. The van der Waals surface area contributed by atoms with E-state index in [1.54, 1.807) is 18.2 Å². The minimum atomic E-state index is -0.388. The molecule has 1 fully saturated rings. The van der Waals surface area contributed by atoms with Gasteiger partial charge in [0.2, 0.25) is 5.91 Å². The summed E-state index contributed by atoms with van der Waals surface area (Å²) in [5, 5.41) is 6.25. The predicted octanol–water partition coefficient (Wildman–Crippen LogP) is 2.34. The molecule has 1 aliphatic rings. The number of carbonyl (C=O) groups is 1. The highest BCUT2D eigenvalue weighted by atomic mass is 19.1. The Morgan fingerprint density at radius 1 is 1.45 bits per heavy atom. The maximum Gasteiger partial charge on any atom is 0.224 e. The zero-order valence-corrected chi connectivity index (χ0v) is 13.5. The van der Waals surface area contributed by atoms with Crippen LogP contribution in [0.15, 0.2) is 24.3 Å². The van der Waals surface area contributed by atoms with Crippen molar-refractivity contribution in [2.24, 2.45) is 11.3 Å². The van der Waals surface area contributed by atoms with E-state index >= 15 is 0 Å². The van der Waals surface area contributed by atoms with Gasteiger partial charge in [0, 0.05) is 6.54 Å². The summed E-state index contributed by atoms with van der Waals surface area (Å²) in [6, 6.07) is 6.13. The number of rotatable bonds is 5. The van der Waals surface area contributed by atoms with Gasteiger partial charge in [0.1, 0.15) is 6.61 Å². The van der Waals surface area contributed by atoms with Crippen LogP contribution in [0.25, 0.3) is 0 Å². The monoisotopic (exact) mass is 308 g/mol. The highest BCUT2D eigenvalue weighted by Gasteiger charge is 2.31. The molecule has 5 heteroatoms. The van der Waals surface area contributed by atoms with Crippen molar-refractivity contribution in [2.45, 2.75) is 33.2 Å². The first kappa shape index (κ1) is 16.7. The van der Waals surface area contributed by atoms with E-state index in [0.29, 0.717) is 0 Å². The van der Waals surface area contributed by atoms with Crippen molar-refractivity contribution in [3.05, 3.63) is 30.1 Å². The van der Waals surface area contributed by atoms with Crippen LogP contribution in [0.1, 0.15) is 27.2 Å². The van der Waals surface area contributed by atoms with E-state index in [0.717, 1.165) is 19.5 Å². The maximum atomic E-state index is 13.6. The third kappa shape index (κ3) is 4.44. The molecule has 1 aromatic rings. The molecular weight excluding hydrogens is 283 g/mol. The number of para-hydroxylation sites is 1. The summed E-state index contributed by atoms with van der Waals surface area (Å²) in [7, 11) is 0. The largest absolute Gasteiger partial charge is 0.488 e. The molecule has 1 saturated heterocycles. The van der Waals surface area contributed by atoms with Crippen LogP contribution >= 0.6 is 0 Å². The van der Waals surface area contributed by atoms with Crippen LogP contribution in [0, 0.1) is 17.2 Å². The minimum absolute atomic E-state index is 0.0123. The SMILES string of the molecule is CC(C)(C)[C@@H](COc1ccccc1F)NC(=O)[C@H]1CCNC1. The van der Waals surface area contributed by atoms with E-state index in [-0.39, 0.29) is 41.5 Å². The summed E-state index contributed by atoms with van der Waals surface area (Å²) in [5.74, 6) is -0.115. The molecule has 0 aromatic heterocycles. The van der Waals surface area contributed by atoms with E-state index < -0.39 is 0 Å². The first-order valence-corrected chi connectivity index (χ1v) is 7.76. The second-order valence-electron chi connectivity index (χ2n) is 6.86. The molecule has 1 heterocycles. The van der Waals surface area contributed by atoms with Gasteiger partial charge in [0.05, 0.1) is 12.0 Å². The van der Waals surface area contributed by atoms with Crippen LogP contribution in [-0.2, 0) is 4.79 Å². The molecule has 0 aliphatic carbocycles. The number of benzene rings is 1. The van der Waals surface area contributed by atoms with Gasteiger partial charge in [-0.3, -0.25) is 4.79 Å². The molecule has 0 saturated carbocycles. The molecule has 0 radical (unpaired) electrons. The summed E-state index contributed by atoms with van der Waals surface area (Å²) in [4.78, 5) is 12.3. The lowest BCUT2D eigenvalue weighted by Gasteiger charge is -2.32. The van der Waals surface area contributed by atoms with Crippen molar-refractivity contribution in [1.82, 2.24) is 10.6 Å². The summed E-state index contributed by atoms with van der Waals surface area (Å²) in [6.45, 7) is 7.96. The van der Waals surface area contributed by atoms with Crippen molar-refractivity contribution in [1.29, 1.82) is 0 Å². The summed E-state index contributed by atoms with van der Waals surface area (Å²) < 4.78 is 19.2. The van der Waals surface area contributed by atoms with Crippen LogP contribution in [0.3, 0.4) is 0 Å². The topological polar surface area (TPSA) is 50.4 Å². The lowest BCUT2D eigenvalue weighted by atomic mass is 9.86. The van der Waals surface area contributed by atoms with Gasteiger partial charge >= 0.3 is 0 Å². The third-order valence-corrected chi connectivity index (χ3v) is 4.04. The van der Waals surface area contributed by atoms with Crippen molar-refractivity contribution in [3.63, 3.8) is 0 Å². The molecule has 0 spiro atoms. The van der Waals surface area contributed by atoms with Crippen LogP contribution in [-0.4, -0.2) is 31.6 Å². The first-order chi connectivity index (χ1) is 10.4. The number of nitrogens with one attached hydrogen (secondary N) is 2. The molecule has 4 nitrogen and oxygen atoms in total. The summed E-state index contributed by atoms with van der Waals surface area (Å²) in [5.41, 5.74) is -0.174. The van der Waals surface area contributed by atoms with E-state index in [2.05, 4.69) is 10.6 Å². The van der Waals surface area contributed by atoms with Crippen molar-refractivity contribution in [3.8, 4) is 5.75 Å². The predicted molar refractivity (Wildman–Crippen MR) is 84.3 cm³/mol. The number of amides is 1. The Bertz CT molecular complexity index is 508. The van der Waals surface area contributed by atoms with Crippen LogP contribution in [0.5, 0.6) is 5.75 Å². The molecule has 0 unspecified atom stereocenters. The quantitative estimate of drug-likeness (QED) is 0.878. The van der Waals surface area contributed by atoms with E-state index in [4.69, 9.17) is 4.74 Å². The van der Waals surface area contributed by atoms with Gasteiger partial charge in [-0.2, -0.15) is 0 Å². The van der Waals surface area contributed by atoms with Crippen LogP contribution in [0.2, 0.25) is 0 Å². The Balaban J connectivity index is 1.97. The van der Waals surface area contributed by atoms with Gasteiger partial charge in [0.25, 0.3) is 0 Å². The van der Waals surface area contributed by atoms with Crippen molar-refractivity contribution < 1.29 is 13.9 Å². The fourth-order valence-corrected chi connectivity index (χ4v) is 2.41. The standard InChI is InChI=1S/C17H25FN2O2/c1-17(2,3)15(20-16(21)12-8-9-19-10-12)11-22-14-7-5-4-6-13(14)18/h4-7,12,15,19H,8-11H2,1-3H3,(H,20,21)/t12-,15+/m0/s1. The molecule has 122 valence electrons. The maximum absolute atomic E-state index is 13.6. The first-order valence-electron chi connectivity index (χ1n) is 7.76. The molecule has 2 atom stereocenters. The third-order valence-electron chi connectivity index (χ3n) is 4.04. The molecular formula is C17H25FN2O2. The van der Waals surface area contributed by atoms with Gasteiger partial charge in [-0.05, 0) is 30.5 Å². The highest BCUT2D eigenvalue weighted by molar-refractivity contribution is 5.79. The second kappa shape index (κ2) is 7.09. The Morgan fingerprint density at radius 2 is 2.18 bits per heavy atom. The summed E-state index contributed by atoms with van der Waals surface area (Å²) >= 11 is 0. The molecule has 1 amide bonds. The minimum Gasteiger partial charge on any atom is -0.488 e. The Labute approximate surface area is 131 Å². The normalized spacial score (nSPS) is 19.7.